The Labute approximate surface area is 128 Å². The van der Waals surface area contributed by atoms with Gasteiger partial charge in [-0.3, -0.25) is 0 Å². The molecule has 2 nitrogen and oxygen atoms in total. The van der Waals surface area contributed by atoms with E-state index in [-0.39, 0.29) is 5.75 Å². The number of sulfone groups is 1. The summed E-state index contributed by atoms with van der Waals surface area (Å²) < 4.78 is 23.7. The van der Waals surface area contributed by atoms with Crippen LogP contribution in [0.15, 0.2) is 40.5 Å². The molecule has 0 aromatic rings. The van der Waals surface area contributed by atoms with Crippen molar-refractivity contribution in [1.82, 2.24) is 0 Å². The predicted molar refractivity (Wildman–Crippen MR) is 87.3 cm³/mol. The zero-order valence-electron chi connectivity index (χ0n) is 12.4. The fraction of sp³-hybridized carbons (Fsp3) is 0.500. The van der Waals surface area contributed by atoms with Crippen LogP contribution in [0.2, 0.25) is 0 Å². The van der Waals surface area contributed by atoms with Gasteiger partial charge in [0, 0.05) is 0 Å². The lowest BCUT2D eigenvalue weighted by Crippen LogP contribution is -1.99. The summed E-state index contributed by atoms with van der Waals surface area (Å²) in [6.07, 6.45) is 15.0. The van der Waals surface area contributed by atoms with Crippen LogP contribution in [0.4, 0.5) is 0 Å². The molecule has 3 heteroatoms. The minimum atomic E-state index is -3.28. The molecule has 0 aliphatic heterocycles. The smallest absolute Gasteiger partial charge is 0.190 e. The maximum absolute atomic E-state index is 11.8. The van der Waals surface area contributed by atoms with Gasteiger partial charge in [-0.2, -0.15) is 0 Å². The first-order valence-corrected chi connectivity index (χ1v) is 9.39. The Hall–Kier alpha value is -1.49. The highest BCUT2D eigenvalue weighted by Crippen LogP contribution is 2.18. The molecule has 0 radical (unpaired) electrons. The maximum atomic E-state index is 11.8. The third-order valence-corrected chi connectivity index (χ3v) is 4.70. The second kappa shape index (κ2) is 8.08. The van der Waals surface area contributed by atoms with Crippen LogP contribution in [0.25, 0.3) is 0 Å². The zero-order chi connectivity index (χ0) is 15.0. The Morgan fingerprint density at radius 2 is 1.81 bits per heavy atom. The van der Waals surface area contributed by atoms with E-state index in [1.807, 2.05) is 0 Å². The molecule has 0 atom stereocenters. The summed E-state index contributed by atoms with van der Waals surface area (Å²) in [4.78, 5) is 0. The summed E-state index contributed by atoms with van der Waals surface area (Å²) >= 11 is 0. The molecule has 0 amide bonds. The lowest BCUT2D eigenvalue weighted by atomic mass is 10.00. The first-order valence-electron chi connectivity index (χ1n) is 7.68. The Kier molecular flexibility index (Phi) is 6.11. The molecule has 0 saturated carbocycles. The molecule has 2 aliphatic carbocycles. The van der Waals surface area contributed by atoms with Gasteiger partial charge in [-0.15, -0.1) is 5.73 Å². The lowest BCUT2D eigenvalue weighted by molar-refractivity contribution is 0.608. The van der Waals surface area contributed by atoms with E-state index in [9.17, 15) is 8.42 Å². The van der Waals surface area contributed by atoms with Crippen LogP contribution in [0, 0.1) is 11.8 Å². The highest BCUT2D eigenvalue weighted by atomic mass is 32.2. The maximum Gasteiger partial charge on any atom is 0.190 e. The molecule has 0 bridgehead atoms. The average Bonchev–Trinajstić information content (AvgIpc) is 2.49. The van der Waals surface area contributed by atoms with E-state index in [2.05, 4.69) is 29.7 Å². The van der Waals surface area contributed by atoms with Crippen molar-refractivity contribution >= 4 is 9.84 Å². The van der Waals surface area contributed by atoms with Gasteiger partial charge < -0.3 is 0 Å². The van der Waals surface area contributed by atoms with Gasteiger partial charge in [0.05, 0.1) is 5.41 Å². The molecule has 0 aromatic carbocycles. The largest absolute Gasteiger partial charge is 0.223 e. The van der Waals surface area contributed by atoms with Crippen molar-refractivity contribution in [2.45, 2.75) is 51.4 Å². The number of allylic oxidation sites excluding steroid dienone is 5. The van der Waals surface area contributed by atoms with E-state index >= 15 is 0 Å². The third-order valence-electron chi connectivity index (χ3n) is 3.66. The molecule has 21 heavy (non-hydrogen) atoms. The van der Waals surface area contributed by atoms with Crippen molar-refractivity contribution in [1.29, 1.82) is 0 Å². The molecular formula is C18H22O2S. The molecular weight excluding hydrogens is 280 g/mol. The first-order chi connectivity index (χ1) is 10.2. The summed E-state index contributed by atoms with van der Waals surface area (Å²) in [5, 5.41) is 1.16. The van der Waals surface area contributed by atoms with Gasteiger partial charge >= 0.3 is 0 Å². The summed E-state index contributed by atoms with van der Waals surface area (Å²) in [6, 6.07) is 0. The second-order valence-electron chi connectivity index (χ2n) is 5.54. The Balaban J connectivity index is 1.92. The zero-order valence-corrected chi connectivity index (χ0v) is 13.2. The Morgan fingerprint density at radius 3 is 2.48 bits per heavy atom. The molecule has 0 spiro atoms. The SMILES string of the molecule is O=S(=O)(C=C=CC1=CCCCC1)CC#CC1=CCCCC1. The molecule has 2 rings (SSSR count). The van der Waals surface area contributed by atoms with Gasteiger partial charge in [0.2, 0.25) is 0 Å². The Morgan fingerprint density at radius 1 is 1.05 bits per heavy atom. The van der Waals surface area contributed by atoms with Gasteiger partial charge in [0.25, 0.3) is 0 Å². The highest BCUT2D eigenvalue weighted by Gasteiger charge is 2.04. The summed E-state index contributed by atoms with van der Waals surface area (Å²) in [7, 11) is -3.28. The molecule has 0 fully saturated rings. The van der Waals surface area contributed by atoms with Crippen LogP contribution in [-0.4, -0.2) is 14.2 Å². The van der Waals surface area contributed by atoms with Crippen molar-refractivity contribution in [3.05, 3.63) is 40.5 Å². The van der Waals surface area contributed by atoms with E-state index in [1.54, 1.807) is 6.08 Å². The number of hydrogen-bond donors (Lipinski definition) is 0. The third kappa shape index (κ3) is 6.21. The second-order valence-corrected chi connectivity index (χ2v) is 7.39. The minimum absolute atomic E-state index is 0.121. The quantitative estimate of drug-likeness (QED) is 0.581. The van der Waals surface area contributed by atoms with E-state index in [0.29, 0.717) is 0 Å². The monoisotopic (exact) mass is 302 g/mol. The van der Waals surface area contributed by atoms with Crippen molar-refractivity contribution < 1.29 is 8.42 Å². The van der Waals surface area contributed by atoms with Crippen LogP contribution in [0.3, 0.4) is 0 Å². The molecule has 0 heterocycles. The first kappa shape index (κ1) is 15.9. The molecule has 0 saturated heterocycles. The normalized spacial score (nSPS) is 18.5. The van der Waals surface area contributed by atoms with Crippen LogP contribution < -0.4 is 0 Å². The highest BCUT2D eigenvalue weighted by molar-refractivity contribution is 7.94. The fourth-order valence-corrected chi connectivity index (χ4v) is 3.11. The lowest BCUT2D eigenvalue weighted by Gasteiger charge is -2.06. The van der Waals surface area contributed by atoms with Crippen LogP contribution in [-0.2, 0) is 9.84 Å². The fourth-order valence-electron chi connectivity index (χ4n) is 2.48. The van der Waals surface area contributed by atoms with Gasteiger partial charge in [-0.05, 0) is 68.6 Å². The number of hydrogen-bond acceptors (Lipinski definition) is 2. The molecule has 0 N–H and O–H groups in total. The Bertz CT molecular complexity index is 645. The molecule has 112 valence electrons. The van der Waals surface area contributed by atoms with Crippen molar-refractivity contribution in [3.63, 3.8) is 0 Å². The van der Waals surface area contributed by atoms with E-state index < -0.39 is 9.84 Å². The van der Waals surface area contributed by atoms with Crippen molar-refractivity contribution in [2.24, 2.45) is 0 Å². The topological polar surface area (TPSA) is 34.1 Å². The van der Waals surface area contributed by atoms with E-state index in [1.165, 1.54) is 24.8 Å². The standard InChI is InChI=1S/C18H22O2S/c19-21(20,15-7-13-17-9-3-1-4-10-17)16-8-14-18-11-5-2-6-12-18/h9,11,13,15H,1-6,10,12,16H2. The summed E-state index contributed by atoms with van der Waals surface area (Å²) in [6.45, 7) is 0. The predicted octanol–water partition coefficient (Wildman–Crippen LogP) is 4.07. The van der Waals surface area contributed by atoms with E-state index in [4.69, 9.17) is 0 Å². The van der Waals surface area contributed by atoms with Gasteiger partial charge in [-0.25, -0.2) is 8.42 Å². The van der Waals surface area contributed by atoms with Crippen LogP contribution in [0.5, 0.6) is 0 Å². The van der Waals surface area contributed by atoms with Crippen molar-refractivity contribution in [3.8, 4) is 11.8 Å². The van der Waals surface area contributed by atoms with E-state index in [0.717, 1.165) is 43.1 Å². The minimum Gasteiger partial charge on any atom is -0.223 e. The molecule has 0 unspecified atom stereocenters. The van der Waals surface area contributed by atoms with Crippen LogP contribution >= 0.6 is 0 Å². The number of rotatable bonds is 3. The summed E-state index contributed by atoms with van der Waals surface area (Å²) in [5.41, 5.74) is 5.07. The van der Waals surface area contributed by atoms with Gasteiger partial charge in [0.1, 0.15) is 5.75 Å². The van der Waals surface area contributed by atoms with Gasteiger partial charge in [0.15, 0.2) is 9.84 Å². The van der Waals surface area contributed by atoms with Gasteiger partial charge in [-0.1, -0.05) is 24.0 Å². The van der Waals surface area contributed by atoms with Crippen LogP contribution in [0.1, 0.15) is 51.4 Å². The molecule has 2 aliphatic rings. The average molecular weight is 302 g/mol. The summed E-state index contributed by atoms with van der Waals surface area (Å²) in [5.74, 6) is 5.64. The van der Waals surface area contributed by atoms with Crippen molar-refractivity contribution in [2.75, 3.05) is 5.75 Å². The molecule has 0 aromatic heterocycles.